The van der Waals surface area contributed by atoms with Crippen LogP contribution in [0.2, 0.25) is 0 Å². The summed E-state index contributed by atoms with van der Waals surface area (Å²) in [4.78, 5) is 0. The predicted molar refractivity (Wildman–Crippen MR) is 70.8 cm³/mol. The maximum atomic E-state index is 5.34. The minimum atomic E-state index is 0.551. The van der Waals surface area contributed by atoms with Crippen molar-refractivity contribution in [3.63, 3.8) is 0 Å². The molecule has 0 amide bonds. The number of methoxy groups -OCH3 is 1. The topological polar surface area (TPSA) is 33.3 Å². The Balaban J connectivity index is 2.12. The highest BCUT2D eigenvalue weighted by molar-refractivity contribution is 5.43. The number of ether oxygens (including phenoxy) is 1. The third-order valence-electron chi connectivity index (χ3n) is 3.66. The summed E-state index contributed by atoms with van der Waals surface area (Å²) < 4.78 is 5.34. The summed E-state index contributed by atoms with van der Waals surface area (Å²) in [7, 11) is 1.73. The second kappa shape index (κ2) is 5.52. The van der Waals surface area contributed by atoms with Gasteiger partial charge in [0.2, 0.25) is 0 Å². The first-order chi connectivity index (χ1) is 8.22. The molecule has 94 valence electrons. The molecule has 1 heterocycles. The Hall–Kier alpha value is -1.06. The predicted octanol–water partition coefficient (Wildman–Crippen LogP) is 1.42. The molecule has 2 N–H and O–H groups in total. The Morgan fingerprint density at radius 3 is 2.71 bits per heavy atom. The zero-order valence-electron chi connectivity index (χ0n) is 11.0. The normalized spacial score (nSPS) is 20.3. The van der Waals surface area contributed by atoms with Gasteiger partial charge in [-0.2, -0.15) is 0 Å². The number of nitrogens with one attached hydrogen (secondary N) is 2. The first-order valence-corrected chi connectivity index (χ1v) is 6.29. The molecule has 1 atom stereocenters. The summed E-state index contributed by atoms with van der Waals surface area (Å²) in [6, 6.07) is 4.82. The van der Waals surface area contributed by atoms with Gasteiger partial charge in [0.15, 0.2) is 0 Å². The molecule has 0 bridgehead atoms. The van der Waals surface area contributed by atoms with Crippen LogP contribution in [0.4, 0.5) is 0 Å². The van der Waals surface area contributed by atoms with Crippen molar-refractivity contribution in [3.05, 3.63) is 28.8 Å². The van der Waals surface area contributed by atoms with E-state index in [2.05, 4.69) is 36.6 Å². The van der Waals surface area contributed by atoms with Gasteiger partial charge in [-0.3, -0.25) is 0 Å². The van der Waals surface area contributed by atoms with Gasteiger partial charge in [-0.05, 0) is 43.0 Å². The average Bonchev–Trinajstić information content (AvgIpc) is 2.37. The lowest BCUT2D eigenvalue weighted by Gasteiger charge is -2.25. The third kappa shape index (κ3) is 2.79. The van der Waals surface area contributed by atoms with Gasteiger partial charge in [0.05, 0.1) is 7.11 Å². The monoisotopic (exact) mass is 234 g/mol. The van der Waals surface area contributed by atoms with E-state index in [1.54, 1.807) is 7.11 Å². The molecule has 0 aromatic heterocycles. The van der Waals surface area contributed by atoms with Crippen LogP contribution in [0.1, 0.15) is 16.7 Å². The van der Waals surface area contributed by atoms with Gasteiger partial charge in [0.25, 0.3) is 0 Å². The van der Waals surface area contributed by atoms with Crippen LogP contribution in [0, 0.1) is 13.8 Å². The lowest BCUT2D eigenvalue weighted by atomic mass is 9.96. The van der Waals surface area contributed by atoms with Crippen LogP contribution in [0.15, 0.2) is 12.1 Å². The molecule has 17 heavy (non-hydrogen) atoms. The van der Waals surface area contributed by atoms with Crippen molar-refractivity contribution in [2.24, 2.45) is 0 Å². The van der Waals surface area contributed by atoms with Crippen molar-refractivity contribution < 1.29 is 4.74 Å². The molecule has 2 rings (SSSR count). The second-order valence-corrected chi connectivity index (χ2v) is 4.74. The summed E-state index contributed by atoms with van der Waals surface area (Å²) >= 11 is 0. The van der Waals surface area contributed by atoms with Gasteiger partial charge in [0.1, 0.15) is 5.75 Å². The Morgan fingerprint density at radius 2 is 2.06 bits per heavy atom. The molecule has 1 aromatic rings. The molecule has 1 saturated heterocycles. The zero-order chi connectivity index (χ0) is 12.3. The number of hydrogen-bond donors (Lipinski definition) is 2. The molecule has 1 fully saturated rings. The van der Waals surface area contributed by atoms with E-state index < -0.39 is 0 Å². The SMILES string of the molecule is COc1ccc(CC2CNCCN2)c(C)c1C. The maximum absolute atomic E-state index is 5.34. The molecule has 3 nitrogen and oxygen atoms in total. The van der Waals surface area contributed by atoms with E-state index in [-0.39, 0.29) is 0 Å². The van der Waals surface area contributed by atoms with Gasteiger partial charge in [-0.25, -0.2) is 0 Å². The van der Waals surface area contributed by atoms with E-state index in [1.165, 1.54) is 16.7 Å². The van der Waals surface area contributed by atoms with Crippen LogP contribution in [-0.2, 0) is 6.42 Å². The van der Waals surface area contributed by atoms with Crippen molar-refractivity contribution in [1.29, 1.82) is 0 Å². The van der Waals surface area contributed by atoms with Crippen LogP contribution in [0.25, 0.3) is 0 Å². The van der Waals surface area contributed by atoms with Gasteiger partial charge in [0, 0.05) is 25.7 Å². The smallest absolute Gasteiger partial charge is 0.122 e. The van der Waals surface area contributed by atoms with Crippen LogP contribution in [0.3, 0.4) is 0 Å². The fourth-order valence-corrected chi connectivity index (χ4v) is 2.42. The van der Waals surface area contributed by atoms with Gasteiger partial charge >= 0.3 is 0 Å². The van der Waals surface area contributed by atoms with E-state index >= 15 is 0 Å². The van der Waals surface area contributed by atoms with Crippen LogP contribution in [0.5, 0.6) is 5.75 Å². The summed E-state index contributed by atoms with van der Waals surface area (Å²) in [6.07, 6.45) is 1.09. The quantitative estimate of drug-likeness (QED) is 0.830. The van der Waals surface area contributed by atoms with Crippen molar-refractivity contribution in [2.45, 2.75) is 26.3 Å². The lowest BCUT2D eigenvalue weighted by molar-refractivity contribution is 0.408. The molecule has 1 aliphatic rings. The zero-order valence-corrected chi connectivity index (χ0v) is 11.0. The standard InChI is InChI=1S/C14H22N2O/c1-10-11(2)14(17-3)5-4-12(10)8-13-9-15-6-7-16-13/h4-5,13,15-16H,6-9H2,1-3H3. The number of hydrogen-bond acceptors (Lipinski definition) is 3. The molecule has 0 saturated carbocycles. The Kier molecular flexibility index (Phi) is 4.02. The molecule has 0 aliphatic carbocycles. The molecular formula is C14H22N2O. The Morgan fingerprint density at radius 1 is 1.24 bits per heavy atom. The summed E-state index contributed by atoms with van der Waals surface area (Å²) in [5, 5.41) is 6.97. The molecule has 1 aliphatic heterocycles. The first kappa shape index (κ1) is 12.4. The van der Waals surface area contributed by atoms with Crippen LogP contribution >= 0.6 is 0 Å². The van der Waals surface area contributed by atoms with Crippen molar-refractivity contribution in [1.82, 2.24) is 10.6 Å². The number of rotatable bonds is 3. The van der Waals surface area contributed by atoms with Crippen LogP contribution < -0.4 is 15.4 Å². The first-order valence-electron chi connectivity index (χ1n) is 6.29. The van der Waals surface area contributed by atoms with E-state index in [0.29, 0.717) is 6.04 Å². The van der Waals surface area contributed by atoms with E-state index in [1.807, 2.05) is 0 Å². The number of benzene rings is 1. The number of piperazine rings is 1. The summed E-state index contributed by atoms with van der Waals surface area (Å²) in [6.45, 7) is 7.52. The van der Waals surface area contributed by atoms with Crippen LogP contribution in [-0.4, -0.2) is 32.8 Å². The van der Waals surface area contributed by atoms with Crippen molar-refractivity contribution in [2.75, 3.05) is 26.7 Å². The highest BCUT2D eigenvalue weighted by atomic mass is 16.5. The Bertz CT molecular complexity index is 384. The molecule has 1 unspecified atom stereocenters. The Labute approximate surface area is 104 Å². The van der Waals surface area contributed by atoms with E-state index in [9.17, 15) is 0 Å². The summed E-state index contributed by atoms with van der Waals surface area (Å²) in [5.74, 6) is 0.987. The second-order valence-electron chi connectivity index (χ2n) is 4.74. The fourth-order valence-electron chi connectivity index (χ4n) is 2.42. The maximum Gasteiger partial charge on any atom is 0.122 e. The molecule has 0 spiro atoms. The largest absolute Gasteiger partial charge is 0.496 e. The van der Waals surface area contributed by atoms with Crippen molar-refractivity contribution in [3.8, 4) is 5.75 Å². The van der Waals surface area contributed by atoms with Gasteiger partial charge in [-0.15, -0.1) is 0 Å². The van der Waals surface area contributed by atoms with E-state index in [0.717, 1.165) is 31.8 Å². The highest BCUT2D eigenvalue weighted by Crippen LogP contribution is 2.24. The molecule has 1 aromatic carbocycles. The van der Waals surface area contributed by atoms with Gasteiger partial charge in [-0.1, -0.05) is 6.07 Å². The fraction of sp³-hybridized carbons (Fsp3) is 0.571. The third-order valence-corrected chi connectivity index (χ3v) is 3.66. The van der Waals surface area contributed by atoms with Crippen molar-refractivity contribution >= 4 is 0 Å². The van der Waals surface area contributed by atoms with Gasteiger partial charge < -0.3 is 15.4 Å². The average molecular weight is 234 g/mol. The van der Waals surface area contributed by atoms with E-state index in [4.69, 9.17) is 4.74 Å². The lowest BCUT2D eigenvalue weighted by Crippen LogP contribution is -2.49. The minimum absolute atomic E-state index is 0.551. The molecular weight excluding hydrogens is 212 g/mol. The minimum Gasteiger partial charge on any atom is -0.496 e. The molecule has 0 radical (unpaired) electrons. The molecule has 3 heteroatoms. The summed E-state index contributed by atoms with van der Waals surface area (Å²) in [5.41, 5.74) is 4.04. The highest BCUT2D eigenvalue weighted by Gasteiger charge is 2.15.